The summed E-state index contributed by atoms with van der Waals surface area (Å²) in [6.45, 7) is 3.23. The number of pyridine rings is 1. The molecule has 0 spiro atoms. The molecule has 1 saturated heterocycles. The van der Waals surface area contributed by atoms with E-state index in [4.69, 9.17) is 11.6 Å². The van der Waals surface area contributed by atoms with Crippen molar-refractivity contribution < 1.29 is 0 Å². The van der Waals surface area contributed by atoms with E-state index >= 15 is 0 Å². The van der Waals surface area contributed by atoms with E-state index in [1.807, 2.05) is 12.1 Å². The van der Waals surface area contributed by atoms with Gasteiger partial charge in [0.2, 0.25) is 0 Å². The van der Waals surface area contributed by atoms with Crippen LogP contribution < -0.4 is 4.90 Å². The minimum Gasteiger partial charge on any atom is -0.364 e. The van der Waals surface area contributed by atoms with Gasteiger partial charge in [-0.15, -0.1) is 0 Å². The second-order valence-electron chi connectivity index (χ2n) is 5.10. The summed E-state index contributed by atoms with van der Waals surface area (Å²) in [6.07, 6.45) is 4.20. The third-order valence-corrected chi connectivity index (χ3v) is 3.93. The van der Waals surface area contributed by atoms with Crippen molar-refractivity contribution in [3.05, 3.63) is 58.9 Å². The highest BCUT2D eigenvalue weighted by molar-refractivity contribution is 6.29. The van der Waals surface area contributed by atoms with Crippen LogP contribution in [0.25, 0.3) is 0 Å². The first-order chi connectivity index (χ1) is 9.24. The lowest BCUT2D eigenvalue weighted by Gasteiger charge is -2.27. The molecule has 1 aromatic heterocycles. The molecule has 2 nitrogen and oxygen atoms in total. The first-order valence-corrected chi connectivity index (χ1v) is 7.06. The highest BCUT2D eigenvalue weighted by atomic mass is 35.5. The highest BCUT2D eigenvalue weighted by Gasteiger charge is 2.26. The van der Waals surface area contributed by atoms with Crippen molar-refractivity contribution in [3.8, 4) is 0 Å². The number of nitrogens with zero attached hydrogens (tertiary/aromatic N) is 2. The number of rotatable bonds is 2. The van der Waals surface area contributed by atoms with Crippen LogP contribution in [0.5, 0.6) is 0 Å². The molecule has 1 atom stereocenters. The van der Waals surface area contributed by atoms with Gasteiger partial charge < -0.3 is 4.90 Å². The number of hydrogen-bond acceptors (Lipinski definition) is 2. The Kier molecular flexibility index (Phi) is 3.43. The molecular formula is C16H17ClN2. The smallest absolute Gasteiger partial charge is 0.131 e. The average Bonchev–Trinajstić information content (AvgIpc) is 2.88. The van der Waals surface area contributed by atoms with E-state index < -0.39 is 0 Å². The predicted octanol–water partition coefficient (Wildman–Crippen LogP) is 4.38. The molecule has 0 radical (unpaired) electrons. The van der Waals surface area contributed by atoms with Gasteiger partial charge in [-0.2, -0.15) is 0 Å². The van der Waals surface area contributed by atoms with Crippen molar-refractivity contribution in [1.82, 2.24) is 4.98 Å². The van der Waals surface area contributed by atoms with Crippen molar-refractivity contribution in [2.45, 2.75) is 25.8 Å². The fourth-order valence-corrected chi connectivity index (χ4v) is 3.04. The summed E-state index contributed by atoms with van der Waals surface area (Å²) in [6, 6.07) is 13.2. The molecule has 1 unspecified atom stereocenters. The normalized spacial score (nSPS) is 18.8. The molecule has 0 amide bonds. The fraction of sp³-hybridized carbons (Fsp3) is 0.312. The molecule has 1 aliphatic heterocycles. The van der Waals surface area contributed by atoms with Crippen molar-refractivity contribution >= 4 is 17.3 Å². The molecule has 0 N–H and O–H groups in total. The lowest BCUT2D eigenvalue weighted by atomic mass is 10.0. The highest BCUT2D eigenvalue weighted by Crippen LogP contribution is 2.36. The van der Waals surface area contributed by atoms with Crippen LogP contribution in [0.1, 0.15) is 30.0 Å². The average molecular weight is 273 g/mol. The predicted molar refractivity (Wildman–Crippen MR) is 79.7 cm³/mol. The number of aromatic nitrogens is 1. The molecule has 98 valence electrons. The Labute approximate surface area is 119 Å². The summed E-state index contributed by atoms with van der Waals surface area (Å²) in [4.78, 5) is 6.49. The topological polar surface area (TPSA) is 16.1 Å². The van der Waals surface area contributed by atoms with Gasteiger partial charge in [-0.1, -0.05) is 41.4 Å². The summed E-state index contributed by atoms with van der Waals surface area (Å²) in [5.74, 6) is 0. The lowest BCUT2D eigenvalue weighted by Crippen LogP contribution is -2.22. The largest absolute Gasteiger partial charge is 0.364 e. The van der Waals surface area contributed by atoms with Crippen molar-refractivity contribution in [1.29, 1.82) is 0 Å². The third-order valence-electron chi connectivity index (χ3n) is 3.72. The summed E-state index contributed by atoms with van der Waals surface area (Å²) < 4.78 is 0. The molecule has 0 saturated carbocycles. The fourth-order valence-electron chi connectivity index (χ4n) is 2.87. The minimum atomic E-state index is 0.457. The maximum absolute atomic E-state index is 6.00. The Hall–Kier alpha value is -1.54. The van der Waals surface area contributed by atoms with E-state index in [1.165, 1.54) is 29.7 Å². The van der Waals surface area contributed by atoms with Crippen LogP contribution in [0.3, 0.4) is 0 Å². The minimum absolute atomic E-state index is 0.457. The Bertz CT molecular complexity index is 531. The van der Waals surface area contributed by atoms with Crippen LogP contribution >= 0.6 is 11.6 Å². The molecule has 0 bridgehead atoms. The van der Waals surface area contributed by atoms with Crippen LogP contribution in [0, 0.1) is 6.92 Å². The quantitative estimate of drug-likeness (QED) is 0.754. The SMILES string of the molecule is Cc1cccc(C2CCCN2c2ccnc(Cl)c2)c1. The number of benzene rings is 1. The zero-order valence-electron chi connectivity index (χ0n) is 11.0. The van der Waals surface area contributed by atoms with Gasteiger partial charge in [0.05, 0.1) is 6.04 Å². The van der Waals surface area contributed by atoms with Crippen molar-refractivity contribution in [3.63, 3.8) is 0 Å². The molecule has 3 rings (SSSR count). The Balaban J connectivity index is 1.93. The van der Waals surface area contributed by atoms with E-state index in [-0.39, 0.29) is 0 Å². The summed E-state index contributed by atoms with van der Waals surface area (Å²) in [5.41, 5.74) is 3.88. The Morgan fingerprint density at radius 3 is 2.95 bits per heavy atom. The zero-order valence-corrected chi connectivity index (χ0v) is 11.8. The number of aryl methyl sites for hydroxylation is 1. The van der Waals surface area contributed by atoms with Crippen LogP contribution in [0.15, 0.2) is 42.6 Å². The maximum Gasteiger partial charge on any atom is 0.131 e. The standard InChI is InChI=1S/C16H17ClN2/c1-12-4-2-5-13(10-12)15-6-3-9-19(15)14-7-8-18-16(17)11-14/h2,4-5,7-8,10-11,15H,3,6,9H2,1H3. The maximum atomic E-state index is 6.00. The van der Waals surface area contributed by atoms with Gasteiger partial charge in [0.25, 0.3) is 0 Å². The van der Waals surface area contributed by atoms with Crippen LogP contribution in [-0.2, 0) is 0 Å². The van der Waals surface area contributed by atoms with Gasteiger partial charge in [0, 0.05) is 18.4 Å². The van der Waals surface area contributed by atoms with Gasteiger partial charge in [0.1, 0.15) is 5.15 Å². The van der Waals surface area contributed by atoms with Gasteiger partial charge in [0.15, 0.2) is 0 Å². The van der Waals surface area contributed by atoms with E-state index in [2.05, 4.69) is 41.1 Å². The molecule has 19 heavy (non-hydrogen) atoms. The number of halogens is 1. The van der Waals surface area contributed by atoms with Crippen LogP contribution in [0.4, 0.5) is 5.69 Å². The molecule has 1 aliphatic rings. The lowest BCUT2D eigenvalue weighted by molar-refractivity contribution is 0.718. The van der Waals surface area contributed by atoms with E-state index in [0.29, 0.717) is 11.2 Å². The summed E-state index contributed by atoms with van der Waals surface area (Å²) in [7, 11) is 0. The first-order valence-electron chi connectivity index (χ1n) is 6.69. The second-order valence-corrected chi connectivity index (χ2v) is 5.49. The summed E-state index contributed by atoms with van der Waals surface area (Å²) >= 11 is 6.00. The molecule has 2 heterocycles. The molecular weight excluding hydrogens is 256 g/mol. The van der Waals surface area contributed by atoms with Gasteiger partial charge in [-0.25, -0.2) is 4.98 Å². The van der Waals surface area contributed by atoms with Crippen LogP contribution in [-0.4, -0.2) is 11.5 Å². The van der Waals surface area contributed by atoms with Crippen molar-refractivity contribution in [2.24, 2.45) is 0 Å². The number of anilines is 1. The van der Waals surface area contributed by atoms with E-state index in [9.17, 15) is 0 Å². The first kappa shape index (κ1) is 12.5. The Morgan fingerprint density at radius 2 is 2.16 bits per heavy atom. The summed E-state index contributed by atoms with van der Waals surface area (Å²) in [5, 5.41) is 0.562. The van der Waals surface area contributed by atoms with Gasteiger partial charge in [-0.05, 0) is 37.5 Å². The molecule has 1 fully saturated rings. The van der Waals surface area contributed by atoms with Gasteiger partial charge in [-0.3, -0.25) is 0 Å². The molecule has 0 aliphatic carbocycles. The number of hydrogen-bond donors (Lipinski definition) is 0. The molecule has 1 aromatic carbocycles. The third kappa shape index (κ3) is 2.59. The molecule has 3 heteroatoms. The zero-order chi connectivity index (χ0) is 13.2. The molecule has 2 aromatic rings. The van der Waals surface area contributed by atoms with Crippen molar-refractivity contribution in [2.75, 3.05) is 11.4 Å². The van der Waals surface area contributed by atoms with Crippen LogP contribution in [0.2, 0.25) is 5.15 Å². The second kappa shape index (κ2) is 5.22. The monoisotopic (exact) mass is 272 g/mol. The Morgan fingerprint density at radius 1 is 1.26 bits per heavy atom. The van der Waals surface area contributed by atoms with Gasteiger partial charge >= 0.3 is 0 Å². The van der Waals surface area contributed by atoms with E-state index in [1.54, 1.807) is 6.20 Å². The van der Waals surface area contributed by atoms with E-state index in [0.717, 1.165) is 6.54 Å².